The smallest absolute Gasteiger partial charge is 0.157 e. The van der Waals surface area contributed by atoms with Crippen LogP contribution in [0.5, 0.6) is 0 Å². The quantitative estimate of drug-likeness (QED) is 0.687. The van der Waals surface area contributed by atoms with E-state index in [1.54, 1.807) is 6.20 Å². The number of likely N-dealkylation sites (N-methyl/N-ethyl adjacent to an activating group) is 1. The molecule has 1 aliphatic rings. The van der Waals surface area contributed by atoms with Crippen molar-refractivity contribution < 1.29 is 4.52 Å². The van der Waals surface area contributed by atoms with Crippen LogP contribution in [0.2, 0.25) is 0 Å². The largest absolute Gasteiger partial charge is 0.359 e. The molecule has 0 amide bonds. The van der Waals surface area contributed by atoms with Crippen molar-refractivity contribution in [2.24, 2.45) is 0 Å². The van der Waals surface area contributed by atoms with E-state index in [9.17, 15) is 0 Å². The van der Waals surface area contributed by atoms with E-state index in [4.69, 9.17) is 4.52 Å². The van der Waals surface area contributed by atoms with Gasteiger partial charge in [-0.2, -0.15) is 0 Å². The van der Waals surface area contributed by atoms with Crippen molar-refractivity contribution in [3.05, 3.63) is 17.5 Å². The van der Waals surface area contributed by atoms with Crippen LogP contribution >= 0.6 is 0 Å². The Labute approximate surface area is 77.9 Å². The lowest BCUT2D eigenvalue weighted by Gasteiger charge is -2.31. The Morgan fingerprint density at radius 2 is 2.54 bits per heavy atom. The van der Waals surface area contributed by atoms with Crippen molar-refractivity contribution in [2.75, 3.05) is 26.7 Å². The molecule has 1 fully saturated rings. The van der Waals surface area contributed by atoms with Gasteiger partial charge in [-0.15, -0.1) is 0 Å². The number of piperazine rings is 1. The minimum atomic E-state index is 0.344. The van der Waals surface area contributed by atoms with Gasteiger partial charge < -0.3 is 9.84 Å². The molecule has 13 heavy (non-hydrogen) atoms. The highest BCUT2D eigenvalue weighted by molar-refractivity contribution is 5.15. The highest BCUT2D eigenvalue weighted by Gasteiger charge is 2.24. The van der Waals surface area contributed by atoms with Crippen molar-refractivity contribution in [1.29, 1.82) is 0 Å². The van der Waals surface area contributed by atoms with E-state index in [1.165, 1.54) is 0 Å². The molecule has 0 radical (unpaired) electrons. The number of aryl methyl sites for hydroxylation is 1. The predicted octanol–water partition coefficient (Wildman–Crippen LogP) is 0.559. The molecule has 0 spiro atoms. The van der Waals surface area contributed by atoms with Gasteiger partial charge in [-0.25, -0.2) is 0 Å². The molecule has 2 rings (SSSR count). The van der Waals surface area contributed by atoms with E-state index in [1.807, 2.05) is 6.92 Å². The van der Waals surface area contributed by atoms with Crippen molar-refractivity contribution >= 4 is 0 Å². The van der Waals surface area contributed by atoms with Crippen molar-refractivity contribution in [3.63, 3.8) is 0 Å². The first-order chi connectivity index (χ1) is 6.29. The van der Waals surface area contributed by atoms with Gasteiger partial charge in [0, 0.05) is 25.2 Å². The molecule has 1 saturated heterocycles. The molecule has 2 heterocycles. The molecule has 0 aliphatic carbocycles. The first kappa shape index (κ1) is 8.72. The summed E-state index contributed by atoms with van der Waals surface area (Å²) in [6.45, 7) is 5.10. The monoisotopic (exact) mass is 181 g/mol. The maximum atomic E-state index is 5.24. The standard InChI is InChI=1S/C9H15N3O/c1-7-5-11-13-9(7)8-6-10-3-4-12(8)2/h5,8,10H,3-4,6H2,1-2H3. The van der Waals surface area contributed by atoms with Crippen LogP contribution in [0.25, 0.3) is 0 Å². The molecule has 1 aromatic heterocycles. The Hall–Kier alpha value is -0.870. The van der Waals surface area contributed by atoms with E-state index in [0.717, 1.165) is 31.0 Å². The normalized spacial score (nSPS) is 24.9. The number of hydrogen-bond acceptors (Lipinski definition) is 4. The van der Waals surface area contributed by atoms with Crippen LogP contribution < -0.4 is 5.32 Å². The number of hydrogen-bond donors (Lipinski definition) is 1. The lowest BCUT2D eigenvalue weighted by Crippen LogP contribution is -2.43. The summed E-state index contributed by atoms with van der Waals surface area (Å²) in [5.41, 5.74) is 1.14. The number of rotatable bonds is 1. The maximum Gasteiger partial charge on any atom is 0.157 e. The maximum absolute atomic E-state index is 5.24. The van der Waals surface area contributed by atoms with Crippen LogP contribution in [0.1, 0.15) is 17.4 Å². The predicted molar refractivity (Wildman–Crippen MR) is 49.5 cm³/mol. The molecular weight excluding hydrogens is 166 g/mol. The molecular formula is C9H15N3O. The average molecular weight is 181 g/mol. The van der Waals surface area contributed by atoms with Crippen LogP contribution in [0.3, 0.4) is 0 Å². The Kier molecular flexibility index (Phi) is 2.33. The number of nitrogens with zero attached hydrogens (tertiary/aromatic N) is 2. The Bertz CT molecular complexity index is 284. The van der Waals surface area contributed by atoms with E-state index in [0.29, 0.717) is 6.04 Å². The van der Waals surface area contributed by atoms with Crippen molar-refractivity contribution in [2.45, 2.75) is 13.0 Å². The van der Waals surface area contributed by atoms with Gasteiger partial charge in [0.1, 0.15) is 0 Å². The minimum absolute atomic E-state index is 0.344. The lowest BCUT2D eigenvalue weighted by atomic mass is 10.1. The van der Waals surface area contributed by atoms with E-state index in [-0.39, 0.29) is 0 Å². The van der Waals surface area contributed by atoms with Gasteiger partial charge in [0.05, 0.1) is 12.2 Å². The van der Waals surface area contributed by atoms with Crippen molar-refractivity contribution in [3.8, 4) is 0 Å². The molecule has 1 aromatic rings. The summed E-state index contributed by atoms with van der Waals surface area (Å²) >= 11 is 0. The van der Waals surface area contributed by atoms with Crippen LogP contribution in [-0.2, 0) is 0 Å². The molecule has 1 N–H and O–H groups in total. The zero-order valence-corrected chi connectivity index (χ0v) is 8.08. The van der Waals surface area contributed by atoms with Gasteiger partial charge >= 0.3 is 0 Å². The third kappa shape index (κ3) is 1.59. The Morgan fingerprint density at radius 1 is 1.69 bits per heavy atom. The molecule has 0 bridgehead atoms. The second-order valence-corrected chi connectivity index (χ2v) is 3.57. The van der Waals surface area contributed by atoms with E-state index >= 15 is 0 Å². The van der Waals surface area contributed by atoms with Gasteiger partial charge in [-0.05, 0) is 14.0 Å². The van der Waals surface area contributed by atoms with Crippen LogP contribution in [0.4, 0.5) is 0 Å². The lowest BCUT2D eigenvalue weighted by molar-refractivity contribution is 0.167. The van der Waals surface area contributed by atoms with Gasteiger partial charge in [0.25, 0.3) is 0 Å². The van der Waals surface area contributed by atoms with Crippen LogP contribution in [-0.4, -0.2) is 36.7 Å². The molecule has 1 aliphatic heterocycles. The summed E-state index contributed by atoms with van der Waals surface area (Å²) in [6.07, 6.45) is 1.78. The molecule has 4 heteroatoms. The third-order valence-corrected chi connectivity index (χ3v) is 2.60. The molecule has 4 nitrogen and oxygen atoms in total. The third-order valence-electron chi connectivity index (χ3n) is 2.60. The zero-order chi connectivity index (χ0) is 9.26. The number of nitrogens with one attached hydrogen (secondary N) is 1. The number of aromatic nitrogens is 1. The summed E-state index contributed by atoms with van der Waals surface area (Å²) in [7, 11) is 2.12. The average Bonchev–Trinajstić information content (AvgIpc) is 2.52. The van der Waals surface area contributed by atoms with Crippen LogP contribution in [0, 0.1) is 6.92 Å². The fourth-order valence-electron chi connectivity index (χ4n) is 1.72. The molecule has 72 valence electrons. The van der Waals surface area contributed by atoms with E-state index < -0.39 is 0 Å². The Morgan fingerprint density at radius 3 is 3.15 bits per heavy atom. The zero-order valence-electron chi connectivity index (χ0n) is 8.08. The summed E-state index contributed by atoms with van der Waals surface area (Å²) in [5, 5.41) is 7.15. The molecule has 1 unspecified atom stereocenters. The molecule has 1 atom stereocenters. The highest BCUT2D eigenvalue weighted by atomic mass is 16.5. The SMILES string of the molecule is Cc1cnoc1C1CNCCN1C. The second-order valence-electron chi connectivity index (χ2n) is 3.57. The molecule has 0 aromatic carbocycles. The molecule has 0 saturated carbocycles. The first-order valence-electron chi connectivity index (χ1n) is 4.61. The fraction of sp³-hybridized carbons (Fsp3) is 0.667. The van der Waals surface area contributed by atoms with Gasteiger partial charge in [-0.3, -0.25) is 4.90 Å². The fourth-order valence-corrected chi connectivity index (χ4v) is 1.72. The summed E-state index contributed by atoms with van der Waals surface area (Å²) < 4.78 is 5.24. The van der Waals surface area contributed by atoms with Gasteiger partial charge in [-0.1, -0.05) is 5.16 Å². The van der Waals surface area contributed by atoms with Crippen molar-refractivity contribution in [1.82, 2.24) is 15.4 Å². The summed E-state index contributed by atoms with van der Waals surface area (Å²) in [5.74, 6) is 0.995. The van der Waals surface area contributed by atoms with E-state index in [2.05, 4.69) is 22.4 Å². The van der Waals surface area contributed by atoms with Crippen LogP contribution in [0.15, 0.2) is 10.7 Å². The van der Waals surface area contributed by atoms with Gasteiger partial charge in [0.2, 0.25) is 0 Å². The first-order valence-corrected chi connectivity index (χ1v) is 4.61. The topological polar surface area (TPSA) is 41.3 Å². The Balaban J connectivity index is 2.19. The highest BCUT2D eigenvalue weighted by Crippen LogP contribution is 2.22. The summed E-state index contributed by atoms with van der Waals surface area (Å²) in [4.78, 5) is 2.30. The summed E-state index contributed by atoms with van der Waals surface area (Å²) in [6, 6.07) is 0.344. The minimum Gasteiger partial charge on any atom is -0.359 e. The second kappa shape index (κ2) is 3.47. The van der Waals surface area contributed by atoms with Gasteiger partial charge in [0.15, 0.2) is 5.76 Å².